The van der Waals surface area contributed by atoms with Gasteiger partial charge in [-0.3, -0.25) is 15.1 Å². The van der Waals surface area contributed by atoms with Crippen LogP contribution in [0, 0.1) is 10.1 Å². The summed E-state index contributed by atoms with van der Waals surface area (Å²) < 4.78 is 32.7. The van der Waals surface area contributed by atoms with Crippen LogP contribution in [0.1, 0.15) is 5.56 Å². The van der Waals surface area contributed by atoms with E-state index < -0.39 is 14.9 Å². The SMILES string of the molecule is C=CCOc1ccccc1CNC(=NC)NCCNS(=O)(=O)c1cccc([N+](=O)[O-])c1.I. The molecule has 0 aliphatic heterocycles. The number of hydrogen-bond donors (Lipinski definition) is 3. The Morgan fingerprint density at radius 3 is 2.62 bits per heavy atom. The van der Waals surface area contributed by atoms with Crippen molar-refractivity contribution in [2.75, 3.05) is 26.7 Å². The number of benzene rings is 2. The first-order valence-electron chi connectivity index (χ1n) is 9.37. The Balaban J connectivity index is 0.00000512. The number of nitrogens with one attached hydrogen (secondary N) is 3. The first-order chi connectivity index (χ1) is 14.9. The van der Waals surface area contributed by atoms with Gasteiger partial charge in [0, 0.05) is 44.4 Å². The zero-order valence-electron chi connectivity index (χ0n) is 17.5. The maximum atomic E-state index is 12.3. The number of hydrogen-bond acceptors (Lipinski definition) is 6. The van der Waals surface area contributed by atoms with Crippen molar-refractivity contribution in [1.82, 2.24) is 15.4 Å². The summed E-state index contributed by atoms with van der Waals surface area (Å²) in [5, 5.41) is 17.0. The minimum atomic E-state index is -3.87. The average Bonchev–Trinajstić information content (AvgIpc) is 2.77. The Labute approximate surface area is 204 Å². The van der Waals surface area contributed by atoms with Crippen molar-refractivity contribution in [3.8, 4) is 5.75 Å². The van der Waals surface area contributed by atoms with Gasteiger partial charge in [-0.15, -0.1) is 24.0 Å². The molecule has 0 unspecified atom stereocenters. The highest BCUT2D eigenvalue weighted by Gasteiger charge is 2.17. The number of nitro benzene ring substituents is 1. The van der Waals surface area contributed by atoms with Gasteiger partial charge in [0.05, 0.1) is 9.82 Å². The van der Waals surface area contributed by atoms with E-state index in [1.807, 2.05) is 24.3 Å². The lowest BCUT2D eigenvalue weighted by molar-refractivity contribution is -0.385. The second-order valence-electron chi connectivity index (χ2n) is 6.21. The normalized spacial score (nSPS) is 11.2. The van der Waals surface area contributed by atoms with Gasteiger partial charge in [-0.05, 0) is 12.1 Å². The van der Waals surface area contributed by atoms with E-state index in [4.69, 9.17) is 4.74 Å². The van der Waals surface area contributed by atoms with Crippen molar-refractivity contribution in [1.29, 1.82) is 0 Å². The number of aliphatic imine (C=N–C) groups is 1. The van der Waals surface area contributed by atoms with Crippen LogP contribution in [0.25, 0.3) is 0 Å². The summed E-state index contributed by atoms with van der Waals surface area (Å²) in [7, 11) is -2.27. The van der Waals surface area contributed by atoms with Crippen molar-refractivity contribution in [2.24, 2.45) is 4.99 Å². The van der Waals surface area contributed by atoms with E-state index in [-0.39, 0.29) is 47.6 Å². The number of nitro groups is 1. The molecule has 10 nitrogen and oxygen atoms in total. The van der Waals surface area contributed by atoms with Gasteiger partial charge in [0.15, 0.2) is 5.96 Å². The Hall–Kier alpha value is -2.71. The van der Waals surface area contributed by atoms with Crippen LogP contribution in [0.4, 0.5) is 5.69 Å². The Morgan fingerprint density at radius 2 is 1.94 bits per heavy atom. The van der Waals surface area contributed by atoms with E-state index in [9.17, 15) is 18.5 Å². The van der Waals surface area contributed by atoms with Gasteiger partial charge in [0.2, 0.25) is 10.0 Å². The van der Waals surface area contributed by atoms with Crippen LogP contribution in [0.5, 0.6) is 5.75 Å². The predicted octanol–water partition coefficient (Wildman–Crippen LogP) is 2.42. The van der Waals surface area contributed by atoms with E-state index in [0.717, 1.165) is 17.4 Å². The number of para-hydroxylation sites is 1. The van der Waals surface area contributed by atoms with Crippen LogP contribution < -0.4 is 20.1 Å². The molecule has 0 amide bonds. The van der Waals surface area contributed by atoms with Crippen LogP contribution in [0.2, 0.25) is 0 Å². The molecule has 32 heavy (non-hydrogen) atoms. The van der Waals surface area contributed by atoms with E-state index >= 15 is 0 Å². The third kappa shape index (κ3) is 8.43. The summed E-state index contributed by atoms with van der Waals surface area (Å²) in [6, 6.07) is 12.4. The van der Waals surface area contributed by atoms with E-state index in [1.54, 1.807) is 13.1 Å². The molecule has 174 valence electrons. The predicted molar refractivity (Wildman–Crippen MR) is 134 cm³/mol. The van der Waals surface area contributed by atoms with Crippen LogP contribution >= 0.6 is 24.0 Å². The van der Waals surface area contributed by atoms with Crippen LogP contribution in [-0.2, 0) is 16.6 Å². The molecule has 0 atom stereocenters. The molecular weight excluding hydrogens is 549 g/mol. The highest BCUT2D eigenvalue weighted by Crippen LogP contribution is 2.18. The minimum Gasteiger partial charge on any atom is -0.489 e. The monoisotopic (exact) mass is 575 g/mol. The molecule has 0 heterocycles. The maximum absolute atomic E-state index is 12.3. The van der Waals surface area contributed by atoms with Gasteiger partial charge >= 0.3 is 0 Å². The van der Waals surface area contributed by atoms with E-state index in [0.29, 0.717) is 19.1 Å². The molecular formula is C20H26IN5O5S. The quantitative estimate of drug-likeness (QED) is 0.0713. The highest BCUT2D eigenvalue weighted by atomic mass is 127. The Morgan fingerprint density at radius 1 is 1.19 bits per heavy atom. The summed E-state index contributed by atoms with van der Waals surface area (Å²) in [6.07, 6.45) is 1.67. The molecule has 2 rings (SSSR count). The first kappa shape index (κ1) is 27.3. The molecule has 2 aromatic carbocycles. The number of rotatable bonds is 11. The lowest BCUT2D eigenvalue weighted by Gasteiger charge is -2.14. The minimum absolute atomic E-state index is 0. The second kappa shape index (κ2) is 13.6. The van der Waals surface area contributed by atoms with Crippen molar-refractivity contribution in [2.45, 2.75) is 11.4 Å². The van der Waals surface area contributed by atoms with E-state index in [1.165, 1.54) is 18.2 Å². The van der Waals surface area contributed by atoms with Crippen molar-refractivity contribution in [3.63, 3.8) is 0 Å². The number of guanidine groups is 1. The lowest BCUT2D eigenvalue weighted by atomic mass is 10.2. The van der Waals surface area contributed by atoms with Gasteiger partial charge < -0.3 is 15.4 Å². The fourth-order valence-electron chi connectivity index (χ4n) is 2.55. The fraction of sp³-hybridized carbons (Fsp3) is 0.250. The highest BCUT2D eigenvalue weighted by molar-refractivity contribution is 14.0. The van der Waals surface area contributed by atoms with Crippen molar-refractivity contribution < 1.29 is 18.1 Å². The Bertz CT molecular complexity index is 1050. The van der Waals surface area contributed by atoms with Gasteiger partial charge in [-0.1, -0.05) is 36.9 Å². The molecule has 0 saturated carbocycles. The molecule has 0 aromatic heterocycles. The summed E-state index contributed by atoms with van der Waals surface area (Å²) in [4.78, 5) is 14.1. The van der Waals surface area contributed by atoms with Gasteiger partial charge in [-0.2, -0.15) is 0 Å². The topological polar surface area (TPSA) is 135 Å². The van der Waals surface area contributed by atoms with Gasteiger partial charge in [0.25, 0.3) is 5.69 Å². The van der Waals surface area contributed by atoms with E-state index in [2.05, 4.69) is 26.9 Å². The number of non-ortho nitro benzene ring substituents is 1. The summed E-state index contributed by atoms with van der Waals surface area (Å²) >= 11 is 0. The molecule has 12 heteroatoms. The molecule has 0 aliphatic carbocycles. The summed E-state index contributed by atoms with van der Waals surface area (Å²) in [5.41, 5.74) is 0.640. The average molecular weight is 575 g/mol. The number of ether oxygens (including phenoxy) is 1. The van der Waals surface area contributed by atoms with Crippen LogP contribution in [0.3, 0.4) is 0 Å². The molecule has 0 saturated heterocycles. The summed E-state index contributed by atoms with van der Waals surface area (Å²) in [5.74, 6) is 1.21. The lowest BCUT2D eigenvalue weighted by Crippen LogP contribution is -2.41. The van der Waals surface area contributed by atoms with Crippen molar-refractivity contribution >= 4 is 45.6 Å². The summed E-state index contributed by atoms with van der Waals surface area (Å²) in [6.45, 7) is 4.80. The van der Waals surface area contributed by atoms with Crippen LogP contribution in [-0.4, -0.2) is 46.0 Å². The number of nitrogens with zero attached hydrogens (tertiary/aromatic N) is 2. The number of sulfonamides is 1. The zero-order chi connectivity index (χ0) is 22.7. The third-order valence-corrected chi connectivity index (χ3v) is 5.51. The van der Waals surface area contributed by atoms with Crippen molar-refractivity contribution in [3.05, 3.63) is 76.9 Å². The third-order valence-electron chi connectivity index (χ3n) is 4.05. The zero-order valence-corrected chi connectivity index (χ0v) is 20.6. The molecule has 0 spiro atoms. The first-order valence-corrected chi connectivity index (χ1v) is 10.9. The van der Waals surface area contributed by atoms with Gasteiger partial charge in [-0.25, -0.2) is 13.1 Å². The molecule has 0 bridgehead atoms. The second-order valence-corrected chi connectivity index (χ2v) is 7.98. The molecule has 0 radical (unpaired) electrons. The molecule has 0 fully saturated rings. The fourth-order valence-corrected chi connectivity index (χ4v) is 3.62. The number of halogens is 1. The maximum Gasteiger partial charge on any atom is 0.270 e. The molecule has 0 aliphatic rings. The standard InChI is InChI=1S/C20H25N5O5S.HI/c1-3-13-30-19-10-5-4-7-16(19)15-23-20(21-2)22-11-12-24-31(28,29)18-9-6-8-17(14-18)25(26)27;/h3-10,14,24H,1,11-13,15H2,2H3,(H2,21,22,23);1H. The Kier molecular flexibility index (Phi) is 11.7. The van der Waals surface area contributed by atoms with Crippen LogP contribution in [0.15, 0.2) is 71.1 Å². The van der Waals surface area contributed by atoms with Gasteiger partial charge in [0.1, 0.15) is 12.4 Å². The molecule has 2 aromatic rings. The smallest absolute Gasteiger partial charge is 0.270 e. The molecule has 3 N–H and O–H groups in total. The largest absolute Gasteiger partial charge is 0.489 e.